The van der Waals surface area contributed by atoms with E-state index in [1.807, 2.05) is 28.3 Å². The minimum Gasteiger partial charge on any atom is -0.469 e. The number of furan rings is 1. The van der Waals surface area contributed by atoms with Crippen molar-refractivity contribution in [3.05, 3.63) is 75.9 Å². The number of thiazole rings is 1. The Morgan fingerprint density at radius 2 is 2.09 bits per heavy atom. The molecular weight excluding hydrogens is 308 g/mol. The van der Waals surface area contributed by atoms with Crippen LogP contribution in [0.25, 0.3) is 0 Å². The quantitative estimate of drug-likeness (QED) is 0.720. The first-order chi connectivity index (χ1) is 11.2. The Morgan fingerprint density at radius 3 is 2.83 bits per heavy atom. The third kappa shape index (κ3) is 4.29. The Morgan fingerprint density at radius 1 is 1.26 bits per heavy atom. The van der Waals surface area contributed by atoms with Crippen LogP contribution in [0.4, 0.5) is 0 Å². The molecule has 1 aromatic carbocycles. The van der Waals surface area contributed by atoms with Gasteiger partial charge in [-0.25, -0.2) is 0 Å². The predicted molar refractivity (Wildman–Crippen MR) is 90.2 cm³/mol. The summed E-state index contributed by atoms with van der Waals surface area (Å²) in [5, 5.41) is 1.95. The molecular formula is C18H18N2O2S. The van der Waals surface area contributed by atoms with Gasteiger partial charge < -0.3 is 8.98 Å². The average Bonchev–Trinajstić information content (AvgIpc) is 3.20. The summed E-state index contributed by atoms with van der Waals surface area (Å²) in [5.41, 5.74) is 2.43. The zero-order valence-electron chi connectivity index (χ0n) is 12.9. The number of carbonyl (C=O) groups is 1. The predicted octanol–water partition coefficient (Wildman–Crippen LogP) is 3.56. The van der Waals surface area contributed by atoms with Crippen LogP contribution in [0.5, 0.6) is 0 Å². The number of hydrogen-bond donors (Lipinski definition) is 0. The Labute approximate surface area is 138 Å². The van der Waals surface area contributed by atoms with Crippen LogP contribution >= 0.6 is 11.3 Å². The summed E-state index contributed by atoms with van der Waals surface area (Å²) in [4.78, 5) is 17.0. The summed E-state index contributed by atoms with van der Waals surface area (Å²) < 4.78 is 7.24. The second-order valence-electron chi connectivity index (χ2n) is 5.38. The molecule has 0 bridgehead atoms. The number of aryl methyl sites for hydroxylation is 2. The van der Waals surface area contributed by atoms with Crippen molar-refractivity contribution in [1.82, 2.24) is 4.57 Å². The van der Waals surface area contributed by atoms with E-state index in [1.54, 1.807) is 6.26 Å². The van der Waals surface area contributed by atoms with E-state index >= 15 is 0 Å². The molecule has 0 N–H and O–H groups in total. The molecule has 3 aromatic rings. The lowest BCUT2D eigenvalue weighted by Gasteiger charge is -2.03. The highest BCUT2D eigenvalue weighted by Crippen LogP contribution is 2.06. The minimum absolute atomic E-state index is 0.124. The molecule has 2 aromatic heterocycles. The van der Waals surface area contributed by atoms with Crippen molar-refractivity contribution < 1.29 is 9.21 Å². The Bertz CT molecular complexity index is 827. The maximum Gasteiger partial charge on any atom is 0.248 e. The van der Waals surface area contributed by atoms with Gasteiger partial charge in [-0.2, -0.15) is 4.99 Å². The first-order valence-electron chi connectivity index (χ1n) is 7.50. The van der Waals surface area contributed by atoms with Crippen molar-refractivity contribution in [3.8, 4) is 0 Å². The normalized spacial score (nSPS) is 11.8. The van der Waals surface area contributed by atoms with Gasteiger partial charge in [0.15, 0.2) is 4.80 Å². The molecule has 2 heterocycles. The van der Waals surface area contributed by atoms with Crippen molar-refractivity contribution in [2.24, 2.45) is 4.99 Å². The number of carbonyl (C=O) groups excluding carboxylic acids is 1. The fraction of sp³-hybridized carbons (Fsp3) is 0.222. The molecule has 0 saturated heterocycles. The molecule has 118 valence electrons. The van der Waals surface area contributed by atoms with Crippen molar-refractivity contribution >= 4 is 17.2 Å². The van der Waals surface area contributed by atoms with Gasteiger partial charge >= 0.3 is 0 Å². The van der Waals surface area contributed by atoms with Gasteiger partial charge in [0, 0.05) is 31.0 Å². The van der Waals surface area contributed by atoms with Crippen LogP contribution < -0.4 is 4.80 Å². The highest BCUT2D eigenvalue weighted by atomic mass is 32.1. The molecule has 0 atom stereocenters. The third-order valence-corrected chi connectivity index (χ3v) is 4.31. The van der Waals surface area contributed by atoms with Crippen LogP contribution in [0, 0.1) is 6.92 Å². The van der Waals surface area contributed by atoms with E-state index in [9.17, 15) is 4.79 Å². The van der Waals surface area contributed by atoms with Gasteiger partial charge in [-0.05, 0) is 24.6 Å². The van der Waals surface area contributed by atoms with Crippen LogP contribution in [-0.2, 0) is 17.8 Å². The number of rotatable bonds is 5. The fourth-order valence-corrected chi connectivity index (χ4v) is 2.99. The molecule has 0 fully saturated rings. The maximum atomic E-state index is 12.0. The van der Waals surface area contributed by atoms with Crippen molar-refractivity contribution in [3.63, 3.8) is 0 Å². The number of aromatic nitrogens is 1. The number of amides is 1. The molecule has 0 unspecified atom stereocenters. The van der Waals surface area contributed by atoms with Gasteiger partial charge in [0.05, 0.1) is 6.26 Å². The second kappa shape index (κ2) is 7.24. The topological polar surface area (TPSA) is 47.5 Å². The van der Waals surface area contributed by atoms with Crippen LogP contribution in [0.15, 0.2) is 63.6 Å². The number of nitrogens with zero attached hydrogens (tertiary/aromatic N) is 2. The Hall–Kier alpha value is -2.40. The van der Waals surface area contributed by atoms with E-state index < -0.39 is 0 Å². The summed E-state index contributed by atoms with van der Waals surface area (Å²) >= 11 is 1.48. The SMILES string of the molecule is Cc1ccc(Cn2ccsc2=NC(=O)CCc2ccco2)cc1. The first-order valence-corrected chi connectivity index (χ1v) is 8.38. The number of hydrogen-bond acceptors (Lipinski definition) is 3. The lowest BCUT2D eigenvalue weighted by atomic mass is 10.1. The molecule has 23 heavy (non-hydrogen) atoms. The van der Waals surface area contributed by atoms with Gasteiger partial charge in [0.25, 0.3) is 0 Å². The summed E-state index contributed by atoms with van der Waals surface area (Å²) in [6.07, 6.45) is 4.52. The summed E-state index contributed by atoms with van der Waals surface area (Å²) in [5.74, 6) is 0.689. The molecule has 1 amide bonds. The van der Waals surface area contributed by atoms with Crippen LogP contribution in [-0.4, -0.2) is 10.5 Å². The molecule has 5 heteroatoms. The lowest BCUT2D eigenvalue weighted by Crippen LogP contribution is -2.17. The van der Waals surface area contributed by atoms with E-state index in [2.05, 4.69) is 36.2 Å². The standard InChI is InChI=1S/C18H18N2O2S/c1-14-4-6-15(7-5-14)13-20-10-12-23-18(20)19-17(21)9-8-16-3-2-11-22-16/h2-7,10-12H,8-9,13H2,1H3. The van der Waals surface area contributed by atoms with E-state index in [0.29, 0.717) is 19.4 Å². The van der Waals surface area contributed by atoms with E-state index in [4.69, 9.17) is 4.42 Å². The Kier molecular flexibility index (Phi) is 4.88. The van der Waals surface area contributed by atoms with E-state index in [0.717, 1.165) is 10.6 Å². The highest BCUT2D eigenvalue weighted by molar-refractivity contribution is 7.07. The van der Waals surface area contributed by atoms with Crippen molar-refractivity contribution in [2.45, 2.75) is 26.3 Å². The molecule has 0 spiro atoms. The lowest BCUT2D eigenvalue weighted by molar-refractivity contribution is -0.118. The summed E-state index contributed by atoms with van der Waals surface area (Å²) in [6, 6.07) is 12.1. The summed E-state index contributed by atoms with van der Waals surface area (Å²) in [7, 11) is 0. The molecule has 0 aliphatic carbocycles. The molecule has 0 aliphatic heterocycles. The largest absolute Gasteiger partial charge is 0.469 e. The second-order valence-corrected chi connectivity index (χ2v) is 6.26. The van der Waals surface area contributed by atoms with Gasteiger partial charge in [0.1, 0.15) is 5.76 Å². The van der Waals surface area contributed by atoms with Crippen LogP contribution in [0.1, 0.15) is 23.3 Å². The van der Waals surface area contributed by atoms with Gasteiger partial charge in [0.2, 0.25) is 5.91 Å². The zero-order valence-corrected chi connectivity index (χ0v) is 13.8. The molecule has 4 nitrogen and oxygen atoms in total. The monoisotopic (exact) mass is 326 g/mol. The zero-order chi connectivity index (χ0) is 16.1. The van der Waals surface area contributed by atoms with Crippen LogP contribution in [0.3, 0.4) is 0 Å². The number of benzene rings is 1. The van der Waals surface area contributed by atoms with E-state index in [1.165, 1.54) is 22.5 Å². The fourth-order valence-electron chi connectivity index (χ4n) is 2.24. The minimum atomic E-state index is -0.124. The molecule has 0 saturated carbocycles. The van der Waals surface area contributed by atoms with Gasteiger partial charge in [-0.1, -0.05) is 29.8 Å². The van der Waals surface area contributed by atoms with Gasteiger partial charge in [-0.15, -0.1) is 11.3 Å². The Balaban J connectivity index is 1.69. The average molecular weight is 326 g/mol. The molecule has 3 rings (SSSR count). The highest BCUT2D eigenvalue weighted by Gasteiger charge is 2.04. The van der Waals surface area contributed by atoms with Crippen molar-refractivity contribution in [2.75, 3.05) is 0 Å². The van der Waals surface area contributed by atoms with Gasteiger partial charge in [-0.3, -0.25) is 4.79 Å². The summed E-state index contributed by atoms with van der Waals surface area (Å²) in [6.45, 7) is 2.79. The molecule has 0 radical (unpaired) electrons. The smallest absolute Gasteiger partial charge is 0.248 e. The van der Waals surface area contributed by atoms with Crippen LogP contribution in [0.2, 0.25) is 0 Å². The maximum absolute atomic E-state index is 12.0. The first kappa shape index (κ1) is 15.5. The van der Waals surface area contributed by atoms with Crippen molar-refractivity contribution in [1.29, 1.82) is 0 Å². The van der Waals surface area contributed by atoms with E-state index in [-0.39, 0.29) is 5.91 Å². The molecule has 0 aliphatic rings. The third-order valence-electron chi connectivity index (χ3n) is 3.52.